The van der Waals surface area contributed by atoms with Gasteiger partial charge in [0.2, 0.25) is 0 Å². The van der Waals surface area contributed by atoms with Gasteiger partial charge in [0.25, 0.3) is 0 Å². The van der Waals surface area contributed by atoms with Crippen LogP contribution in [0.5, 0.6) is 11.8 Å². The fourth-order valence-corrected chi connectivity index (χ4v) is 4.56. The van der Waals surface area contributed by atoms with Gasteiger partial charge in [0.05, 0.1) is 48.7 Å². The zero-order valence-electron chi connectivity index (χ0n) is 22.0. The minimum absolute atomic E-state index is 0.0164. The lowest BCUT2D eigenvalue weighted by Crippen LogP contribution is -2.40. The number of esters is 2. The number of para-hydroxylation sites is 3. The molecule has 3 aromatic carbocycles. The third kappa shape index (κ3) is 4.83. The van der Waals surface area contributed by atoms with Crippen molar-refractivity contribution in [2.45, 2.75) is 5.92 Å². The molecule has 0 aliphatic carbocycles. The van der Waals surface area contributed by atoms with Gasteiger partial charge in [-0.1, -0.05) is 65.8 Å². The van der Waals surface area contributed by atoms with E-state index in [2.05, 4.69) is 21.6 Å². The first-order chi connectivity index (χ1) is 20.0. The first kappa shape index (κ1) is 26.6. The number of methoxy groups -OCH3 is 2. The molecule has 0 spiro atoms. The molecule has 0 radical (unpaired) electrons. The molecular weight excluding hydrogens is 526 g/mol. The third-order valence-electron chi connectivity index (χ3n) is 6.36. The van der Waals surface area contributed by atoms with Crippen molar-refractivity contribution in [1.82, 2.24) is 20.2 Å². The van der Waals surface area contributed by atoms with Crippen molar-refractivity contribution in [2.24, 2.45) is 5.73 Å². The van der Waals surface area contributed by atoms with Crippen LogP contribution in [-0.2, 0) is 19.1 Å². The van der Waals surface area contributed by atoms with Crippen LogP contribution in [0, 0.1) is 11.3 Å². The second-order valence-electron chi connectivity index (χ2n) is 8.61. The molecule has 41 heavy (non-hydrogen) atoms. The van der Waals surface area contributed by atoms with Gasteiger partial charge in [-0.15, -0.1) is 0 Å². The van der Waals surface area contributed by atoms with E-state index in [1.807, 2.05) is 18.2 Å². The fourth-order valence-electron chi connectivity index (χ4n) is 4.56. The molecule has 0 bridgehead atoms. The van der Waals surface area contributed by atoms with Crippen LogP contribution in [0.15, 0.2) is 108 Å². The summed E-state index contributed by atoms with van der Waals surface area (Å²) in [6.07, 6.45) is 0. The maximum Gasteiger partial charge on any atom is 0.355 e. The molecule has 0 saturated carbocycles. The highest BCUT2D eigenvalue weighted by Crippen LogP contribution is 2.45. The number of anilines is 1. The Balaban J connectivity index is 1.72. The molecule has 1 aliphatic rings. The number of tetrazole rings is 1. The van der Waals surface area contributed by atoms with Gasteiger partial charge in [0, 0.05) is 0 Å². The van der Waals surface area contributed by atoms with Crippen LogP contribution < -0.4 is 15.4 Å². The van der Waals surface area contributed by atoms with Crippen molar-refractivity contribution >= 4 is 17.6 Å². The summed E-state index contributed by atoms with van der Waals surface area (Å²) in [6.45, 7) is 0. The molecule has 0 amide bonds. The van der Waals surface area contributed by atoms with E-state index >= 15 is 0 Å². The average molecular weight is 550 g/mol. The Labute approximate surface area is 234 Å². The maximum absolute atomic E-state index is 13.4. The number of nitrogens with two attached hydrogens (primary N) is 1. The molecule has 5 rings (SSSR count). The van der Waals surface area contributed by atoms with Crippen LogP contribution in [0.2, 0.25) is 0 Å². The topological polar surface area (TPSA) is 158 Å². The number of aromatic nitrogens is 4. The molecule has 1 aliphatic heterocycles. The number of rotatable bonds is 7. The third-order valence-corrected chi connectivity index (χ3v) is 6.36. The van der Waals surface area contributed by atoms with E-state index in [9.17, 15) is 14.9 Å². The monoisotopic (exact) mass is 549 g/mol. The van der Waals surface area contributed by atoms with Gasteiger partial charge in [-0.2, -0.15) is 9.94 Å². The summed E-state index contributed by atoms with van der Waals surface area (Å²) in [7, 11) is 2.36. The first-order valence-corrected chi connectivity index (χ1v) is 12.3. The predicted molar refractivity (Wildman–Crippen MR) is 145 cm³/mol. The Hall–Kier alpha value is -5.96. The van der Waals surface area contributed by atoms with Crippen LogP contribution >= 0.6 is 0 Å². The van der Waals surface area contributed by atoms with E-state index in [-0.39, 0.29) is 40.1 Å². The number of benzene rings is 3. The molecule has 12 nitrogen and oxygen atoms in total. The van der Waals surface area contributed by atoms with Gasteiger partial charge in [-0.05, 0) is 40.3 Å². The SMILES string of the molecule is COC(=O)C1=C(C(=O)OC)N(c2ccccc2Oc2nnnn2-c2ccccc2)C(N)=C(C#N)C1c1ccccc1. The molecule has 1 aromatic heterocycles. The van der Waals surface area contributed by atoms with Crippen LogP contribution in [0.4, 0.5) is 5.69 Å². The van der Waals surface area contributed by atoms with Gasteiger partial charge >= 0.3 is 17.9 Å². The van der Waals surface area contributed by atoms with E-state index in [0.717, 1.165) is 0 Å². The summed E-state index contributed by atoms with van der Waals surface area (Å²) in [4.78, 5) is 28.0. The van der Waals surface area contributed by atoms with Crippen molar-refractivity contribution in [2.75, 3.05) is 19.1 Å². The highest BCUT2D eigenvalue weighted by atomic mass is 16.5. The number of carbonyl (C=O) groups is 2. The smallest absolute Gasteiger partial charge is 0.355 e. The number of allylic oxidation sites excluding steroid dienone is 1. The van der Waals surface area contributed by atoms with Crippen LogP contribution in [-0.4, -0.2) is 46.4 Å². The molecule has 4 aromatic rings. The van der Waals surface area contributed by atoms with Crippen molar-refractivity contribution in [3.05, 3.63) is 113 Å². The average Bonchev–Trinajstić information content (AvgIpc) is 3.49. The minimum atomic E-state index is -1.00. The molecule has 0 saturated heterocycles. The quantitative estimate of drug-likeness (QED) is 0.337. The van der Waals surface area contributed by atoms with Crippen molar-refractivity contribution in [3.8, 4) is 23.5 Å². The number of carbonyl (C=O) groups excluding carboxylic acids is 2. The van der Waals surface area contributed by atoms with Gasteiger partial charge in [-0.25, -0.2) is 9.59 Å². The van der Waals surface area contributed by atoms with Gasteiger partial charge in [-0.3, -0.25) is 4.90 Å². The Kier molecular flexibility index (Phi) is 7.42. The molecule has 2 N–H and O–H groups in total. The molecule has 1 atom stereocenters. The van der Waals surface area contributed by atoms with Crippen LogP contribution in [0.25, 0.3) is 5.69 Å². The zero-order chi connectivity index (χ0) is 28.9. The van der Waals surface area contributed by atoms with Crippen molar-refractivity contribution in [1.29, 1.82) is 5.26 Å². The van der Waals surface area contributed by atoms with E-state index in [1.165, 1.54) is 23.8 Å². The predicted octanol–water partition coefficient (Wildman–Crippen LogP) is 3.35. The zero-order valence-corrected chi connectivity index (χ0v) is 22.0. The van der Waals surface area contributed by atoms with Crippen molar-refractivity contribution < 1.29 is 23.8 Å². The summed E-state index contributed by atoms with van der Waals surface area (Å²) < 4.78 is 17.7. The molecule has 1 unspecified atom stereocenters. The molecular formula is C29H23N7O5. The van der Waals surface area contributed by atoms with Gasteiger partial charge < -0.3 is 19.9 Å². The normalized spacial score (nSPS) is 14.9. The standard InChI is InChI=1S/C29H23N7O5/c1-39-27(37)24-23(18-11-5-3-6-12-18)20(17-30)26(31)35(25(24)28(38)40-2)21-15-9-10-16-22(21)41-29-32-33-34-36(29)19-13-7-4-8-14-19/h3-16,23H,31H2,1-2H3. The van der Waals surface area contributed by atoms with Crippen molar-refractivity contribution in [3.63, 3.8) is 0 Å². The van der Waals surface area contributed by atoms with E-state index in [0.29, 0.717) is 11.3 Å². The Bertz CT molecular complexity index is 1710. The second kappa shape index (κ2) is 11.4. The summed E-state index contributed by atoms with van der Waals surface area (Å²) in [5.74, 6) is -2.65. The number of nitrogens with zero attached hydrogens (tertiary/aromatic N) is 6. The van der Waals surface area contributed by atoms with Crippen LogP contribution in [0.1, 0.15) is 11.5 Å². The van der Waals surface area contributed by atoms with Gasteiger partial charge in [0.15, 0.2) is 5.75 Å². The maximum atomic E-state index is 13.4. The van der Waals surface area contributed by atoms with E-state index in [4.69, 9.17) is 19.9 Å². The Morgan fingerprint density at radius 1 is 0.902 bits per heavy atom. The lowest BCUT2D eigenvalue weighted by Gasteiger charge is -2.36. The van der Waals surface area contributed by atoms with E-state index < -0.39 is 17.9 Å². The summed E-state index contributed by atoms with van der Waals surface area (Å²) in [5, 5.41) is 22.0. The molecule has 204 valence electrons. The number of hydrogen-bond donors (Lipinski definition) is 1. The Morgan fingerprint density at radius 2 is 1.54 bits per heavy atom. The van der Waals surface area contributed by atoms with Crippen LogP contribution in [0.3, 0.4) is 0 Å². The van der Waals surface area contributed by atoms with E-state index in [1.54, 1.807) is 66.7 Å². The molecule has 2 heterocycles. The Morgan fingerprint density at radius 3 is 2.20 bits per heavy atom. The first-order valence-electron chi connectivity index (χ1n) is 12.3. The lowest BCUT2D eigenvalue weighted by molar-refractivity contribution is -0.139. The minimum Gasteiger partial charge on any atom is -0.466 e. The van der Waals surface area contributed by atoms with Gasteiger partial charge in [0.1, 0.15) is 11.5 Å². The highest BCUT2D eigenvalue weighted by Gasteiger charge is 2.43. The molecule has 12 heteroatoms. The summed E-state index contributed by atoms with van der Waals surface area (Å²) in [5.41, 5.74) is 7.71. The number of hydrogen-bond acceptors (Lipinski definition) is 11. The number of nitriles is 1. The largest absolute Gasteiger partial charge is 0.466 e. The fraction of sp³-hybridized carbons (Fsp3) is 0.103. The summed E-state index contributed by atoms with van der Waals surface area (Å²) in [6, 6.07) is 26.6. The highest BCUT2D eigenvalue weighted by molar-refractivity contribution is 6.06. The summed E-state index contributed by atoms with van der Waals surface area (Å²) >= 11 is 0. The second-order valence-corrected chi connectivity index (χ2v) is 8.61. The lowest BCUT2D eigenvalue weighted by atomic mass is 9.81. The molecule has 0 fully saturated rings. The number of ether oxygens (including phenoxy) is 3.